The van der Waals surface area contributed by atoms with E-state index in [-0.39, 0.29) is 6.04 Å². The Labute approximate surface area is 140 Å². The Morgan fingerprint density at radius 1 is 1.46 bits per heavy atom. The van der Waals surface area contributed by atoms with E-state index >= 15 is 0 Å². The van der Waals surface area contributed by atoms with Crippen LogP contribution in [-0.2, 0) is 14.5 Å². The summed E-state index contributed by atoms with van der Waals surface area (Å²) in [5.74, 6) is 2.62. The Bertz CT molecular complexity index is 915. The zero-order chi connectivity index (χ0) is 17.5. The van der Waals surface area contributed by atoms with Gasteiger partial charge in [0.2, 0.25) is 0 Å². The van der Waals surface area contributed by atoms with Crippen LogP contribution in [0.3, 0.4) is 0 Å². The summed E-state index contributed by atoms with van der Waals surface area (Å²) in [7, 11) is -2.61. The molecule has 0 aromatic carbocycles. The maximum atomic E-state index is 11.6. The second kappa shape index (κ2) is 6.14. The number of nitrogens with one attached hydrogen (secondary N) is 1. The summed E-state index contributed by atoms with van der Waals surface area (Å²) in [6, 6.07) is -0.170. The molecule has 2 heterocycles. The molecule has 0 amide bonds. The van der Waals surface area contributed by atoms with Crippen molar-refractivity contribution in [3.8, 4) is 12.3 Å². The molecule has 0 saturated heterocycles. The minimum absolute atomic E-state index is 0.170. The highest BCUT2D eigenvalue weighted by molar-refractivity contribution is 7.84. The first kappa shape index (κ1) is 16.9. The molecule has 0 aliphatic heterocycles. The van der Waals surface area contributed by atoms with Gasteiger partial charge in [0.15, 0.2) is 0 Å². The summed E-state index contributed by atoms with van der Waals surface area (Å²) in [6.07, 6.45) is 7.79. The first-order chi connectivity index (χ1) is 11.4. The number of aliphatic hydroxyl groups excluding tert-OH is 1. The zero-order valence-electron chi connectivity index (χ0n) is 13.3. The van der Waals surface area contributed by atoms with Gasteiger partial charge < -0.3 is 9.67 Å². The molecule has 9 heteroatoms. The van der Waals surface area contributed by atoms with E-state index < -0.39 is 22.5 Å². The van der Waals surface area contributed by atoms with Crippen LogP contribution in [0.1, 0.15) is 30.1 Å². The van der Waals surface area contributed by atoms with E-state index in [0.717, 1.165) is 11.1 Å². The van der Waals surface area contributed by atoms with Gasteiger partial charge in [-0.15, -0.1) is 6.42 Å². The van der Waals surface area contributed by atoms with Crippen LogP contribution >= 0.6 is 0 Å². The van der Waals surface area contributed by atoms with E-state index in [1.807, 2.05) is 11.5 Å². The van der Waals surface area contributed by atoms with E-state index in [1.54, 1.807) is 6.20 Å². The van der Waals surface area contributed by atoms with Crippen molar-refractivity contribution in [3.05, 3.63) is 23.8 Å². The van der Waals surface area contributed by atoms with Gasteiger partial charge in [0.05, 0.1) is 22.7 Å². The van der Waals surface area contributed by atoms with Gasteiger partial charge in [0.25, 0.3) is 0 Å². The van der Waals surface area contributed by atoms with Crippen molar-refractivity contribution in [1.29, 1.82) is 0 Å². The van der Waals surface area contributed by atoms with Gasteiger partial charge in [-0.25, -0.2) is 9.97 Å². The number of terminal acetylenes is 1. The molecule has 1 aliphatic carbocycles. The Hall–Kier alpha value is -1.99. The number of hydrogen-bond donors (Lipinski definition) is 2. The van der Waals surface area contributed by atoms with E-state index in [0.29, 0.717) is 24.1 Å². The summed E-state index contributed by atoms with van der Waals surface area (Å²) in [5, 5.41) is 11.0. The Morgan fingerprint density at radius 2 is 2.21 bits per heavy atom. The number of aliphatic hydroxyl groups is 1. The first-order valence-electron chi connectivity index (χ1n) is 7.45. The summed E-state index contributed by atoms with van der Waals surface area (Å²) in [5.41, 5.74) is 2.12. The second-order valence-corrected chi connectivity index (χ2v) is 7.25. The predicted octanol–water partition coefficient (Wildman–Crippen LogP) is 0.266. The lowest BCUT2D eigenvalue weighted by atomic mass is 10.2. The number of nitrogens with zero attached hydrogens (tertiary/aromatic N) is 3. The molecule has 24 heavy (non-hydrogen) atoms. The molecule has 1 aliphatic rings. The van der Waals surface area contributed by atoms with Crippen LogP contribution < -0.4 is 4.72 Å². The molecule has 2 aromatic rings. The maximum absolute atomic E-state index is 11.6. The van der Waals surface area contributed by atoms with Crippen LogP contribution in [0.25, 0.3) is 11.0 Å². The molecule has 2 N–H and O–H groups in total. The smallest absolute Gasteiger partial charge is 0.335 e. The van der Waals surface area contributed by atoms with Crippen molar-refractivity contribution < 1.29 is 17.7 Å². The van der Waals surface area contributed by atoms with Crippen molar-refractivity contribution in [2.45, 2.75) is 38.0 Å². The third kappa shape index (κ3) is 2.89. The highest BCUT2D eigenvalue weighted by Crippen LogP contribution is 2.36. The molecule has 3 atom stereocenters. The third-order valence-corrected chi connectivity index (χ3v) is 5.30. The SMILES string of the molecule is C#Cc1cn([C@H]2C[C@H](OS(=O)(=O)NC)[C@@H](O)C2)c2ncnc(C)c12. The largest absolute Gasteiger partial charge is 0.390 e. The fourth-order valence-electron chi connectivity index (χ4n) is 3.12. The van der Waals surface area contributed by atoms with E-state index in [9.17, 15) is 13.5 Å². The maximum Gasteiger partial charge on any atom is 0.335 e. The van der Waals surface area contributed by atoms with Crippen molar-refractivity contribution in [1.82, 2.24) is 19.3 Å². The minimum atomic E-state index is -3.87. The van der Waals surface area contributed by atoms with Crippen LogP contribution in [-0.4, -0.2) is 47.3 Å². The number of aryl methyl sites for hydroxylation is 1. The van der Waals surface area contributed by atoms with E-state index in [2.05, 4.69) is 20.6 Å². The summed E-state index contributed by atoms with van der Waals surface area (Å²) < 4.78 is 32.1. The summed E-state index contributed by atoms with van der Waals surface area (Å²) in [6.45, 7) is 1.85. The molecule has 1 fully saturated rings. The number of rotatable bonds is 4. The predicted molar refractivity (Wildman–Crippen MR) is 87.3 cm³/mol. The molecule has 8 nitrogen and oxygen atoms in total. The molecule has 0 spiro atoms. The number of aromatic nitrogens is 3. The quantitative estimate of drug-likeness (QED) is 0.767. The van der Waals surface area contributed by atoms with Gasteiger partial charge in [-0.05, 0) is 19.8 Å². The summed E-state index contributed by atoms with van der Waals surface area (Å²) in [4.78, 5) is 8.46. The molecule has 1 saturated carbocycles. The first-order valence-corrected chi connectivity index (χ1v) is 8.85. The van der Waals surface area contributed by atoms with Gasteiger partial charge in [0.1, 0.15) is 18.1 Å². The highest BCUT2D eigenvalue weighted by atomic mass is 32.2. The molecular weight excluding hydrogens is 332 g/mol. The van der Waals surface area contributed by atoms with Gasteiger partial charge in [0, 0.05) is 19.3 Å². The minimum Gasteiger partial charge on any atom is -0.390 e. The van der Waals surface area contributed by atoms with Gasteiger partial charge in [-0.2, -0.15) is 13.1 Å². The van der Waals surface area contributed by atoms with Crippen LogP contribution in [0, 0.1) is 19.3 Å². The topological polar surface area (TPSA) is 106 Å². The van der Waals surface area contributed by atoms with Gasteiger partial charge >= 0.3 is 10.3 Å². The van der Waals surface area contributed by atoms with Crippen molar-refractivity contribution in [2.24, 2.45) is 0 Å². The van der Waals surface area contributed by atoms with Crippen LogP contribution in [0.5, 0.6) is 0 Å². The normalized spacial score (nSPS) is 24.3. The second-order valence-electron chi connectivity index (χ2n) is 5.74. The Kier molecular flexibility index (Phi) is 4.31. The standard InChI is InChI=1S/C15H18N4O4S/c1-4-10-7-19(15-14(10)9(2)17-8-18-15)11-5-12(20)13(6-11)23-24(21,22)16-3/h1,7-8,11-13,16,20H,5-6H2,2-3H3/t11-,12+,13+/m1/s1. The van der Waals surface area contributed by atoms with E-state index in [4.69, 9.17) is 10.6 Å². The molecule has 2 aromatic heterocycles. The monoisotopic (exact) mass is 350 g/mol. The average Bonchev–Trinajstić information content (AvgIpc) is 3.09. The van der Waals surface area contributed by atoms with Crippen LogP contribution in [0.4, 0.5) is 0 Å². The van der Waals surface area contributed by atoms with Gasteiger partial charge in [-0.1, -0.05) is 5.92 Å². The fraction of sp³-hybridized carbons (Fsp3) is 0.467. The van der Waals surface area contributed by atoms with Crippen molar-refractivity contribution >= 4 is 21.3 Å². The molecular formula is C15H18N4O4S. The molecule has 0 radical (unpaired) electrons. The van der Waals surface area contributed by atoms with Gasteiger partial charge in [-0.3, -0.25) is 4.18 Å². The Morgan fingerprint density at radius 3 is 2.88 bits per heavy atom. The fourth-order valence-corrected chi connectivity index (χ4v) is 3.75. The van der Waals surface area contributed by atoms with E-state index in [1.165, 1.54) is 13.4 Å². The molecule has 128 valence electrons. The Balaban J connectivity index is 1.96. The third-order valence-electron chi connectivity index (χ3n) is 4.30. The highest BCUT2D eigenvalue weighted by Gasteiger charge is 2.38. The lowest BCUT2D eigenvalue weighted by Gasteiger charge is -2.14. The van der Waals surface area contributed by atoms with Crippen LogP contribution in [0.2, 0.25) is 0 Å². The number of fused-ring (bicyclic) bond motifs is 1. The molecule has 0 unspecified atom stereocenters. The molecule has 0 bridgehead atoms. The van der Waals surface area contributed by atoms with Crippen molar-refractivity contribution in [3.63, 3.8) is 0 Å². The lowest BCUT2D eigenvalue weighted by Crippen LogP contribution is -2.31. The lowest BCUT2D eigenvalue weighted by molar-refractivity contribution is 0.0635. The summed E-state index contributed by atoms with van der Waals surface area (Å²) >= 11 is 0. The van der Waals surface area contributed by atoms with Crippen LogP contribution in [0.15, 0.2) is 12.5 Å². The zero-order valence-corrected chi connectivity index (χ0v) is 14.1. The number of hydrogen-bond acceptors (Lipinski definition) is 6. The molecule has 3 rings (SSSR count). The van der Waals surface area contributed by atoms with Crippen molar-refractivity contribution in [2.75, 3.05) is 7.05 Å². The average molecular weight is 350 g/mol.